The van der Waals surface area contributed by atoms with Crippen LogP contribution in [0.15, 0.2) is 30.3 Å². The van der Waals surface area contributed by atoms with E-state index in [0.29, 0.717) is 5.46 Å². The zero-order valence-corrected chi connectivity index (χ0v) is 7.23. The molecular weight excluding hydrogens is 169 g/mol. The maximum absolute atomic E-state index is 10.7. The summed E-state index contributed by atoms with van der Waals surface area (Å²) in [6.07, 6.45) is -0.656. The highest BCUT2D eigenvalue weighted by Gasteiger charge is 2.20. The molecule has 5 heteroatoms. The highest BCUT2D eigenvalue weighted by atomic mass is 16.6. The van der Waals surface area contributed by atoms with Crippen molar-refractivity contribution in [3.05, 3.63) is 30.3 Å². The van der Waals surface area contributed by atoms with Crippen LogP contribution < -0.4 is 10.8 Å². The Labute approximate surface area is 76.7 Å². The van der Waals surface area contributed by atoms with Crippen LogP contribution in [-0.2, 0) is 4.65 Å². The fourth-order valence-electron chi connectivity index (χ4n) is 0.846. The van der Waals surface area contributed by atoms with Crippen molar-refractivity contribution in [3.63, 3.8) is 0 Å². The lowest BCUT2D eigenvalue weighted by Gasteiger charge is -2.06. The number of carbonyl (C=O) groups excluding carboxylic acids is 1. The first-order valence-corrected chi connectivity index (χ1v) is 3.85. The van der Waals surface area contributed by atoms with Crippen molar-refractivity contribution in [2.45, 2.75) is 0 Å². The molecule has 0 aliphatic carbocycles. The van der Waals surface area contributed by atoms with Crippen molar-refractivity contribution in [2.75, 3.05) is 7.05 Å². The lowest BCUT2D eigenvalue weighted by Crippen LogP contribution is -2.38. The van der Waals surface area contributed by atoms with Crippen LogP contribution in [0.2, 0.25) is 0 Å². The smallest absolute Gasteiger partial charge is 0.489 e. The molecule has 0 aromatic heterocycles. The van der Waals surface area contributed by atoms with Gasteiger partial charge in [0.25, 0.3) is 0 Å². The van der Waals surface area contributed by atoms with Gasteiger partial charge in [0, 0.05) is 7.05 Å². The van der Waals surface area contributed by atoms with Gasteiger partial charge >= 0.3 is 13.2 Å². The second-order valence-electron chi connectivity index (χ2n) is 2.42. The van der Waals surface area contributed by atoms with Crippen molar-refractivity contribution >= 4 is 18.7 Å². The average molecular weight is 179 g/mol. The normalized spacial score (nSPS) is 9.08. The first-order valence-electron chi connectivity index (χ1n) is 3.85. The predicted octanol–water partition coefficient (Wildman–Crippen LogP) is -0.270. The van der Waals surface area contributed by atoms with E-state index in [1.54, 1.807) is 24.3 Å². The third kappa shape index (κ3) is 2.80. The number of rotatable bonds is 2. The SMILES string of the molecule is CNC(=O)OB(O)c1ccccc1. The van der Waals surface area contributed by atoms with E-state index in [9.17, 15) is 9.82 Å². The lowest BCUT2D eigenvalue weighted by molar-refractivity contribution is 0.195. The van der Waals surface area contributed by atoms with Crippen molar-refractivity contribution in [1.82, 2.24) is 5.32 Å². The number of hydrogen-bond donors (Lipinski definition) is 2. The summed E-state index contributed by atoms with van der Waals surface area (Å²) in [5.74, 6) is 0. The van der Waals surface area contributed by atoms with Gasteiger partial charge in [0.1, 0.15) is 0 Å². The zero-order chi connectivity index (χ0) is 9.68. The third-order valence-corrected chi connectivity index (χ3v) is 1.51. The first-order chi connectivity index (χ1) is 6.24. The summed E-state index contributed by atoms with van der Waals surface area (Å²) in [7, 11) is 0.223. The minimum absolute atomic E-state index is 0.547. The van der Waals surface area contributed by atoms with Crippen LogP contribution in [0.25, 0.3) is 0 Å². The standard InChI is InChI=1S/C8H10BNO3/c1-10-8(11)13-9(12)7-5-3-2-4-6-7/h2-6,12H,1H3,(H,10,11). The molecule has 0 saturated carbocycles. The zero-order valence-electron chi connectivity index (χ0n) is 7.23. The van der Waals surface area contributed by atoms with Crippen molar-refractivity contribution in [2.24, 2.45) is 0 Å². The molecule has 0 unspecified atom stereocenters. The molecule has 1 rings (SSSR count). The number of benzene rings is 1. The Morgan fingerprint density at radius 1 is 1.46 bits per heavy atom. The third-order valence-electron chi connectivity index (χ3n) is 1.51. The highest BCUT2D eigenvalue weighted by molar-refractivity contribution is 6.61. The number of hydrogen-bond acceptors (Lipinski definition) is 3. The molecule has 68 valence electrons. The summed E-state index contributed by atoms with van der Waals surface area (Å²) in [6.45, 7) is 0. The molecule has 1 amide bonds. The number of nitrogens with one attached hydrogen (secondary N) is 1. The van der Waals surface area contributed by atoms with Crippen molar-refractivity contribution < 1.29 is 14.5 Å². The van der Waals surface area contributed by atoms with E-state index in [2.05, 4.69) is 9.97 Å². The van der Waals surface area contributed by atoms with Crippen LogP contribution in [-0.4, -0.2) is 25.3 Å². The largest absolute Gasteiger partial charge is 0.563 e. The van der Waals surface area contributed by atoms with E-state index in [1.807, 2.05) is 6.07 Å². The Hall–Kier alpha value is -1.49. The van der Waals surface area contributed by atoms with E-state index in [-0.39, 0.29) is 0 Å². The molecule has 0 saturated heterocycles. The summed E-state index contributed by atoms with van der Waals surface area (Å²) in [4.78, 5) is 10.7. The summed E-state index contributed by atoms with van der Waals surface area (Å²) >= 11 is 0. The van der Waals surface area contributed by atoms with E-state index < -0.39 is 13.2 Å². The molecule has 0 fully saturated rings. The van der Waals surface area contributed by atoms with Crippen LogP contribution >= 0.6 is 0 Å². The molecule has 0 heterocycles. The fraction of sp³-hybridized carbons (Fsp3) is 0.125. The van der Waals surface area contributed by atoms with Gasteiger partial charge in [-0.05, 0) is 5.46 Å². The minimum atomic E-state index is -1.21. The van der Waals surface area contributed by atoms with Crippen molar-refractivity contribution in [3.8, 4) is 0 Å². The van der Waals surface area contributed by atoms with Gasteiger partial charge in [-0.1, -0.05) is 30.3 Å². The molecule has 1 aromatic rings. The summed E-state index contributed by atoms with van der Waals surface area (Å²) in [6, 6.07) is 8.68. The van der Waals surface area contributed by atoms with E-state index in [4.69, 9.17) is 0 Å². The lowest BCUT2D eigenvalue weighted by atomic mass is 9.80. The van der Waals surface area contributed by atoms with E-state index in [1.165, 1.54) is 7.05 Å². The molecule has 0 radical (unpaired) electrons. The first kappa shape index (κ1) is 9.60. The molecular formula is C8H10BNO3. The van der Waals surface area contributed by atoms with Gasteiger partial charge < -0.3 is 15.0 Å². The number of carbonyl (C=O) groups is 1. The second-order valence-corrected chi connectivity index (χ2v) is 2.42. The molecule has 2 N–H and O–H groups in total. The molecule has 0 atom stereocenters. The minimum Gasteiger partial charge on any atom is -0.489 e. The molecule has 13 heavy (non-hydrogen) atoms. The fourth-order valence-corrected chi connectivity index (χ4v) is 0.846. The summed E-state index contributed by atoms with van der Waals surface area (Å²) in [5, 5.41) is 11.6. The quantitative estimate of drug-likeness (QED) is 0.614. The average Bonchev–Trinajstić information content (AvgIpc) is 2.19. The molecule has 0 aliphatic rings. The molecule has 1 aromatic carbocycles. The predicted molar refractivity (Wildman–Crippen MR) is 49.6 cm³/mol. The van der Waals surface area contributed by atoms with E-state index >= 15 is 0 Å². The highest BCUT2D eigenvalue weighted by Crippen LogP contribution is 1.88. The molecule has 0 bridgehead atoms. The van der Waals surface area contributed by atoms with Gasteiger partial charge in [-0.25, -0.2) is 4.79 Å². The van der Waals surface area contributed by atoms with Crippen LogP contribution in [0.5, 0.6) is 0 Å². The van der Waals surface area contributed by atoms with Crippen LogP contribution in [0, 0.1) is 0 Å². The molecule has 0 spiro atoms. The van der Waals surface area contributed by atoms with Gasteiger partial charge in [-0.2, -0.15) is 0 Å². The van der Waals surface area contributed by atoms with Gasteiger partial charge in [0.2, 0.25) is 0 Å². The number of amides is 1. The molecule has 4 nitrogen and oxygen atoms in total. The Morgan fingerprint density at radius 2 is 2.08 bits per heavy atom. The summed E-state index contributed by atoms with van der Waals surface area (Å²) in [5.41, 5.74) is 0.547. The van der Waals surface area contributed by atoms with Gasteiger partial charge in [0.15, 0.2) is 0 Å². The maximum atomic E-state index is 10.7. The van der Waals surface area contributed by atoms with Gasteiger partial charge in [0.05, 0.1) is 0 Å². The topological polar surface area (TPSA) is 58.6 Å². The van der Waals surface area contributed by atoms with Crippen molar-refractivity contribution in [1.29, 1.82) is 0 Å². The molecule has 0 aliphatic heterocycles. The van der Waals surface area contributed by atoms with Crippen LogP contribution in [0.4, 0.5) is 4.79 Å². The Morgan fingerprint density at radius 3 is 2.62 bits per heavy atom. The Bertz CT molecular complexity index is 278. The second kappa shape index (κ2) is 4.52. The summed E-state index contributed by atoms with van der Waals surface area (Å²) < 4.78 is 4.59. The Balaban J connectivity index is 2.59. The monoisotopic (exact) mass is 179 g/mol. The maximum Gasteiger partial charge on any atom is 0.563 e. The Kier molecular flexibility index (Phi) is 3.34. The van der Waals surface area contributed by atoms with Crippen LogP contribution in [0.1, 0.15) is 0 Å². The van der Waals surface area contributed by atoms with Gasteiger partial charge in [-0.15, -0.1) is 0 Å². The van der Waals surface area contributed by atoms with Gasteiger partial charge in [-0.3, -0.25) is 0 Å². The van der Waals surface area contributed by atoms with E-state index in [0.717, 1.165) is 0 Å². The van der Waals surface area contributed by atoms with Crippen LogP contribution in [0.3, 0.4) is 0 Å².